The fourth-order valence-electron chi connectivity index (χ4n) is 2.32. The SMILES string of the molecule is COc1ccc2[nH]c(C=Cc3ccccc3[N+](=O)[O-])cc2c1. The molecular formula is C17H14N2O3. The molecule has 0 saturated heterocycles. The lowest BCUT2D eigenvalue weighted by atomic mass is 10.1. The Balaban J connectivity index is 1.94. The second-order valence-corrected chi connectivity index (χ2v) is 4.83. The molecule has 110 valence electrons. The smallest absolute Gasteiger partial charge is 0.276 e. The van der Waals surface area contributed by atoms with Crippen molar-refractivity contribution in [2.75, 3.05) is 7.11 Å². The van der Waals surface area contributed by atoms with Crippen LogP contribution in [-0.2, 0) is 0 Å². The van der Waals surface area contributed by atoms with Gasteiger partial charge in [0.15, 0.2) is 0 Å². The van der Waals surface area contributed by atoms with Crippen LogP contribution in [0.25, 0.3) is 23.1 Å². The Hall–Kier alpha value is -3.08. The van der Waals surface area contributed by atoms with Gasteiger partial charge in [-0.1, -0.05) is 12.1 Å². The zero-order chi connectivity index (χ0) is 15.5. The molecule has 22 heavy (non-hydrogen) atoms. The van der Waals surface area contributed by atoms with Gasteiger partial charge in [-0.25, -0.2) is 0 Å². The third-order valence-corrected chi connectivity index (χ3v) is 3.42. The molecule has 1 heterocycles. The fraction of sp³-hybridized carbons (Fsp3) is 0.0588. The molecule has 0 aliphatic carbocycles. The Morgan fingerprint density at radius 1 is 1.14 bits per heavy atom. The molecule has 0 unspecified atom stereocenters. The van der Waals surface area contributed by atoms with Crippen LogP contribution in [0.4, 0.5) is 5.69 Å². The van der Waals surface area contributed by atoms with Crippen LogP contribution in [0.5, 0.6) is 5.75 Å². The Morgan fingerprint density at radius 2 is 1.95 bits per heavy atom. The summed E-state index contributed by atoms with van der Waals surface area (Å²) in [4.78, 5) is 13.9. The second kappa shape index (κ2) is 5.73. The molecule has 0 amide bonds. The lowest BCUT2D eigenvalue weighted by molar-refractivity contribution is -0.385. The van der Waals surface area contributed by atoms with E-state index in [4.69, 9.17) is 4.74 Å². The van der Waals surface area contributed by atoms with Crippen molar-refractivity contribution in [2.24, 2.45) is 0 Å². The topological polar surface area (TPSA) is 68.2 Å². The zero-order valence-corrected chi connectivity index (χ0v) is 11.9. The molecule has 5 nitrogen and oxygen atoms in total. The first kappa shape index (κ1) is 13.9. The molecule has 5 heteroatoms. The van der Waals surface area contributed by atoms with E-state index in [1.54, 1.807) is 31.4 Å². The molecule has 0 bridgehead atoms. The average molecular weight is 294 g/mol. The van der Waals surface area contributed by atoms with Crippen LogP contribution >= 0.6 is 0 Å². The van der Waals surface area contributed by atoms with E-state index in [0.29, 0.717) is 5.56 Å². The number of nitro benzene ring substituents is 1. The number of benzene rings is 2. The molecule has 0 saturated carbocycles. The molecule has 0 fully saturated rings. The predicted molar refractivity (Wildman–Crippen MR) is 86.9 cm³/mol. The van der Waals surface area contributed by atoms with Gasteiger partial charge in [0.25, 0.3) is 5.69 Å². The molecule has 0 aliphatic rings. The first-order valence-electron chi connectivity index (χ1n) is 6.75. The maximum atomic E-state index is 11.0. The second-order valence-electron chi connectivity index (χ2n) is 4.83. The summed E-state index contributed by atoms with van der Waals surface area (Å²) in [5.41, 5.74) is 2.53. The molecule has 0 atom stereocenters. The minimum absolute atomic E-state index is 0.0940. The third kappa shape index (κ3) is 2.69. The number of hydrogen-bond donors (Lipinski definition) is 1. The summed E-state index contributed by atoms with van der Waals surface area (Å²) in [6.45, 7) is 0. The number of fused-ring (bicyclic) bond motifs is 1. The lowest BCUT2D eigenvalue weighted by Gasteiger charge is -1.97. The molecule has 0 aliphatic heterocycles. The van der Waals surface area contributed by atoms with Crippen molar-refractivity contribution in [1.29, 1.82) is 0 Å². The predicted octanol–water partition coefficient (Wildman–Crippen LogP) is 4.26. The van der Waals surface area contributed by atoms with Gasteiger partial charge in [0.1, 0.15) is 5.75 Å². The van der Waals surface area contributed by atoms with E-state index in [0.717, 1.165) is 22.3 Å². The number of H-pyrrole nitrogens is 1. The van der Waals surface area contributed by atoms with Crippen molar-refractivity contribution < 1.29 is 9.66 Å². The Morgan fingerprint density at radius 3 is 2.73 bits per heavy atom. The molecule has 1 aromatic heterocycles. The Labute approximate surface area is 127 Å². The van der Waals surface area contributed by atoms with Crippen LogP contribution in [0.1, 0.15) is 11.3 Å². The number of para-hydroxylation sites is 1. The van der Waals surface area contributed by atoms with Crippen molar-refractivity contribution >= 4 is 28.7 Å². The lowest BCUT2D eigenvalue weighted by Crippen LogP contribution is -1.90. The highest BCUT2D eigenvalue weighted by Gasteiger charge is 2.09. The van der Waals surface area contributed by atoms with Gasteiger partial charge in [-0.15, -0.1) is 0 Å². The molecule has 2 aromatic carbocycles. The summed E-state index contributed by atoms with van der Waals surface area (Å²) in [6, 6.07) is 14.4. The first-order valence-corrected chi connectivity index (χ1v) is 6.75. The Bertz CT molecular complexity index is 865. The third-order valence-electron chi connectivity index (χ3n) is 3.42. The normalized spacial score (nSPS) is 11.1. The van der Waals surface area contributed by atoms with Gasteiger partial charge < -0.3 is 9.72 Å². The first-order chi connectivity index (χ1) is 10.7. The van der Waals surface area contributed by atoms with E-state index in [1.165, 1.54) is 6.07 Å². The number of nitrogens with one attached hydrogen (secondary N) is 1. The number of nitro groups is 1. The summed E-state index contributed by atoms with van der Waals surface area (Å²) < 4.78 is 5.20. The van der Waals surface area contributed by atoms with Crippen molar-refractivity contribution in [3.05, 3.63) is 69.9 Å². The highest BCUT2D eigenvalue weighted by atomic mass is 16.6. The molecule has 0 spiro atoms. The van der Waals surface area contributed by atoms with Gasteiger partial charge >= 0.3 is 0 Å². The van der Waals surface area contributed by atoms with Gasteiger partial charge in [0.2, 0.25) is 0 Å². The maximum Gasteiger partial charge on any atom is 0.276 e. The van der Waals surface area contributed by atoms with E-state index in [-0.39, 0.29) is 10.6 Å². The van der Waals surface area contributed by atoms with Gasteiger partial charge in [0.05, 0.1) is 17.6 Å². The largest absolute Gasteiger partial charge is 0.497 e. The summed E-state index contributed by atoms with van der Waals surface area (Å²) in [5, 5.41) is 12.0. The van der Waals surface area contributed by atoms with Crippen LogP contribution < -0.4 is 4.74 Å². The molecule has 0 radical (unpaired) electrons. The number of methoxy groups -OCH3 is 1. The van der Waals surface area contributed by atoms with Crippen molar-refractivity contribution in [3.8, 4) is 5.75 Å². The van der Waals surface area contributed by atoms with Crippen LogP contribution in [0.3, 0.4) is 0 Å². The minimum atomic E-state index is -0.379. The monoisotopic (exact) mass is 294 g/mol. The highest BCUT2D eigenvalue weighted by molar-refractivity contribution is 5.86. The minimum Gasteiger partial charge on any atom is -0.497 e. The van der Waals surface area contributed by atoms with Crippen molar-refractivity contribution in [1.82, 2.24) is 4.98 Å². The number of hydrogen-bond acceptors (Lipinski definition) is 3. The number of aromatic nitrogens is 1. The van der Waals surface area contributed by atoms with Gasteiger partial charge in [-0.05, 0) is 42.5 Å². The van der Waals surface area contributed by atoms with Crippen LogP contribution in [-0.4, -0.2) is 17.0 Å². The molecule has 1 N–H and O–H groups in total. The summed E-state index contributed by atoms with van der Waals surface area (Å²) in [6.07, 6.45) is 3.56. The average Bonchev–Trinajstić information content (AvgIpc) is 2.94. The summed E-state index contributed by atoms with van der Waals surface area (Å²) >= 11 is 0. The standard InChI is InChI=1S/C17H14N2O3/c1-22-15-8-9-16-13(11-15)10-14(18-16)7-6-12-4-2-3-5-17(12)19(20)21/h2-11,18H,1H3. The number of ether oxygens (including phenoxy) is 1. The van der Waals surface area contributed by atoms with Gasteiger partial charge in [0, 0.05) is 22.7 Å². The Kier molecular flexibility index (Phi) is 3.62. The number of aromatic amines is 1. The van der Waals surface area contributed by atoms with E-state index in [1.807, 2.05) is 30.3 Å². The van der Waals surface area contributed by atoms with Crippen LogP contribution in [0, 0.1) is 10.1 Å². The zero-order valence-electron chi connectivity index (χ0n) is 11.9. The van der Waals surface area contributed by atoms with Crippen molar-refractivity contribution in [3.63, 3.8) is 0 Å². The fourth-order valence-corrected chi connectivity index (χ4v) is 2.32. The quantitative estimate of drug-likeness (QED) is 0.577. The van der Waals surface area contributed by atoms with E-state index < -0.39 is 0 Å². The van der Waals surface area contributed by atoms with E-state index in [9.17, 15) is 10.1 Å². The number of nitrogens with zero attached hydrogens (tertiary/aromatic N) is 1. The highest BCUT2D eigenvalue weighted by Crippen LogP contribution is 2.24. The summed E-state index contributed by atoms with van der Waals surface area (Å²) in [5.74, 6) is 0.792. The molecular weight excluding hydrogens is 280 g/mol. The van der Waals surface area contributed by atoms with E-state index >= 15 is 0 Å². The maximum absolute atomic E-state index is 11.0. The molecule has 3 aromatic rings. The van der Waals surface area contributed by atoms with Crippen molar-refractivity contribution in [2.45, 2.75) is 0 Å². The van der Waals surface area contributed by atoms with Crippen LogP contribution in [0.15, 0.2) is 48.5 Å². The number of rotatable bonds is 4. The van der Waals surface area contributed by atoms with Crippen LogP contribution in [0.2, 0.25) is 0 Å². The van der Waals surface area contributed by atoms with Gasteiger partial charge in [-0.3, -0.25) is 10.1 Å². The van der Waals surface area contributed by atoms with E-state index in [2.05, 4.69) is 4.98 Å². The molecule has 3 rings (SSSR count). The summed E-state index contributed by atoms with van der Waals surface area (Å²) in [7, 11) is 1.63. The van der Waals surface area contributed by atoms with Gasteiger partial charge in [-0.2, -0.15) is 0 Å².